The summed E-state index contributed by atoms with van der Waals surface area (Å²) >= 11 is 3.84. The molecule has 0 saturated heterocycles. The monoisotopic (exact) mass is 361 g/mol. The van der Waals surface area contributed by atoms with Crippen LogP contribution < -0.4 is 5.32 Å². The number of amides is 1. The van der Waals surface area contributed by atoms with E-state index in [9.17, 15) is 4.79 Å². The summed E-state index contributed by atoms with van der Waals surface area (Å²) in [4.78, 5) is 11.8. The van der Waals surface area contributed by atoms with E-state index >= 15 is 0 Å². The highest BCUT2D eigenvalue weighted by Crippen LogP contribution is 2.20. The molecule has 0 unspecified atom stereocenters. The topological polar surface area (TPSA) is 29.1 Å². The van der Waals surface area contributed by atoms with Gasteiger partial charge in [0.15, 0.2) is 0 Å². The lowest BCUT2D eigenvalue weighted by atomic mass is 9.97. The van der Waals surface area contributed by atoms with Gasteiger partial charge in [0.25, 0.3) is 5.91 Å². The van der Waals surface area contributed by atoms with Crippen LogP contribution in [0, 0.1) is 2.88 Å². The zero-order valence-corrected chi connectivity index (χ0v) is 12.6. The largest absolute Gasteiger partial charge is 0.352 e. The Bertz CT molecular complexity index is 425. The smallest absolute Gasteiger partial charge is 0.252 e. The molecular weight excluding hydrogens is 345 g/mol. The van der Waals surface area contributed by atoms with Crippen LogP contribution in [0.5, 0.6) is 0 Å². The molecule has 0 spiro atoms. The van der Waals surface area contributed by atoms with E-state index in [1.54, 1.807) is 11.3 Å². The van der Waals surface area contributed by atoms with Crippen molar-refractivity contribution in [3.05, 3.63) is 31.5 Å². The summed E-state index contributed by atoms with van der Waals surface area (Å²) in [6, 6.07) is 1.93. The molecule has 0 atom stereocenters. The normalized spacial score (nSPS) is 15.5. The Labute approximate surface area is 120 Å². The molecule has 0 aliphatic heterocycles. The maximum Gasteiger partial charge on any atom is 0.252 e. The van der Waals surface area contributed by atoms with Gasteiger partial charge in [-0.25, -0.2) is 0 Å². The molecule has 0 radical (unpaired) electrons. The minimum atomic E-state index is 0.0561. The van der Waals surface area contributed by atoms with Gasteiger partial charge in [-0.2, -0.15) is 0 Å². The molecule has 0 saturated carbocycles. The summed E-state index contributed by atoms with van der Waals surface area (Å²) in [6.07, 6.45) is 8.40. The van der Waals surface area contributed by atoms with Crippen LogP contribution in [-0.2, 0) is 0 Å². The SMILES string of the molecule is O=C(NCCC1=CCCCC1)c1csc(I)c1. The number of carbonyl (C=O) groups excluding carboxylic acids is 1. The van der Waals surface area contributed by atoms with Gasteiger partial charge in [0.05, 0.1) is 8.45 Å². The lowest BCUT2D eigenvalue weighted by Crippen LogP contribution is -2.24. The first kappa shape index (κ1) is 13.1. The average molecular weight is 361 g/mol. The molecule has 17 heavy (non-hydrogen) atoms. The zero-order chi connectivity index (χ0) is 12.1. The Hall–Kier alpha value is -0.360. The van der Waals surface area contributed by atoms with Crippen LogP contribution in [-0.4, -0.2) is 12.5 Å². The van der Waals surface area contributed by atoms with E-state index in [0.29, 0.717) is 0 Å². The van der Waals surface area contributed by atoms with E-state index in [4.69, 9.17) is 0 Å². The number of hydrogen-bond donors (Lipinski definition) is 1. The molecule has 1 heterocycles. The first-order valence-electron chi connectivity index (χ1n) is 5.96. The fourth-order valence-electron chi connectivity index (χ4n) is 2.00. The summed E-state index contributed by atoms with van der Waals surface area (Å²) < 4.78 is 1.16. The van der Waals surface area contributed by atoms with Crippen molar-refractivity contribution in [2.75, 3.05) is 6.54 Å². The molecule has 0 bridgehead atoms. The Balaban J connectivity index is 1.75. The number of nitrogens with one attached hydrogen (secondary N) is 1. The van der Waals surface area contributed by atoms with Crippen molar-refractivity contribution in [1.82, 2.24) is 5.32 Å². The standard InChI is InChI=1S/C13H16INOS/c14-12-8-11(9-17-12)13(16)15-7-6-10-4-2-1-3-5-10/h4,8-9H,1-3,5-7H2,(H,15,16). The van der Waals surface area contributed by atoms with Crippen molar-refractivity contribution in [1.29, 1.82) is 0 Å². The van der Waals surface area contributed by atoms with E-state index in [1.807, 2.05) is 11.4 Å². The minimum absolute atomic E-state index is 0.0561. The summed E-state index contributed by atoms with van der Waals surface area (Å²) in [5.41, 5.74) is 2.30. The molecule has 0 fully saturated rings. The molecule has 1 aromatic heterocycles. The van der Waals surface area contributed by atoms with Crippen molar-refractivity contribution in [3.63, 3.8) is 0 Å². The quantitative estimate of drug-likeness (QED) is 0.638. The Morgan fingerprint density at radius 3 is 3.00 bits per heavy atom. The fourth-order valence-corrected chi connectivity index (χ4v) is 3.33. The second kappa shape index (κ2) is 6.54. The second-order valence-electron chi connectivity index (χ2n) is 4.25. The second-order valence-corrected chi connectivity index (χ2v) is 7.06. The molecule has 1 aromatic rings. The molecule has 2 rings (SSSR count). The van der Waals surface area contributed by atoms with Crippen molar-refractivity contribution >= 4 is 39.8 Å². The Kier molecular flexibility index (Phi) is 5.03. The summed E-state index contributed by atoms with van der Waals surface area (Å²) in [6.45, 7) is 0.761. The molecule has 1 N–H and O–H groups in total. The Morgan fingerprint density at radius 1 is 1.47 bits per heavy atom. The van der Waals surface area contributed by atoms with Crippen molar-refractivity contribution in [3.8, 4) is 0 Å². The van der Waals surface area contributed by atoms with Gasteiger partial charge in [-0.3, -0.25) is 4.79 Å². The molecule has 2 nitrogen and oxygen atoms in total. The van der Waals surface area contributed by atoms with Crippen LogP contribution in [0.4, 0.5) is 0 Å². The number of rotatable bonds is 4. The lowest BCUT2D eigenvalue weighted by Gasteiger charge is -2.12. The third-order valence-electron chi connectivity index (χ3n) is 2.95. The van der Waals surface area contributed by atoms with Crippen LogP contribution in [0.2, 0.25) is 0 Å². The van der Waals surface area contributed by atoms with E-state index in [0.717, 1.165) is 21.4 Å². The van der Waals surface area contributed by atoms with Gasteiger partial charge in [-0.15, -0.1) is 11.3 Å². The number of carbonyl (C=O) groups is 1. The van der Waals surface area contributed by atoms with Gasteiger partial charge >= 0.3 is 0 Å². The first-order chi connectivity index (χ1) is 8.25. The maximum atomic E-state index is 11.8. The summed E-state index contributed by atoms with van der Waals surface area (Å²) in [7, 11) is 0. The lowest BCUT2D eigenvalue weighted by molar-refractivity contribution is 0.0954. The van der Waals surface area contributed by atoms with Gasteiger partial charge in [-0.1, -0.05) is 11.6 Å². The molecular formula is C13H16INOS. The minimum Gasteiger partial charge on any atom is -0.352 e. The van der Waals surface area contributed by atoms with E-state index in [2.05, 4.69) is 34.0 Å². The summed E-state index contributed by atoms with van der Waals surface area (Å²) in [5, 5.41) is 4.90. The van der Waals surface area contributed by atoms with Crippen LogP contribution in [0.3, 0.4) is 0 Å². The van der Waals surface area contributed by atoms with Crippen LogP contribution in [0.15, 0.2) is 23.1 Å². The Morgan fingerprint density at radius 2 is 2.35 bits per heavy atom. The molecule has 92 valence electrons. The van der Waals surface area contributed by atoms with Gasteiger partial charge in [-0.05, 0) is 60.8 Å². The highest BCUT2D eigenvalue weighted by Gasteiger charge is 2.08. The zero-order valence-electron chi connectivity index (χ0n) is 9.67. The number of allylic oxidation sites excluding steroid dienone is 1. The first-order valence-corrected chi connectivity index (χ1v) is 7.91. The van der Waals surface area contributed by atoms with E-state index < -0.39 is 0 Å². The summed E-state index contributed by atoms with van der Waals surface area (Å²) in [5.74, 6) is 0.0561. The number of hydrogen-bond acceptors (Lipinski definition) is 2. The predicted octanol–water partition coefficient (Wildman–Crippen LogP) is 3.97. The van der Waals surface area contributed by atoms with Gasteiger partial charge < -0.3 is 5.32 Å². The van der Waals surface area contributed by atoms with Crippen molar-refractivity contribution in [2.45, 2.75) is 32.1 Å². The van der Waals surface area contributed by atoms with Gasteiger partial charge in [0.1, 0.15) is 0 Å². The van der Waals surface area contributed by atoms with Crippen molar-refractivity contribution in [2.24, 2.45) is 0 Å². The highest BCUT2D eigenvalue weighted by molar-refractivity contribution is 14.1. The van der Waals surface area contributed by atoms with Crippen molar-refractivity contribution < 1.29 is 4.79 Å². The third kappa shape index (κ3) is 4.10. The van der Waals surface area contributed by atoms with Gasteiger partial charge in [0.2, 0.25) is 0 Å². The molecule has 1 aliphatic carbocycles. The van der Waals surface area contributed by atoms with Crippen LogP contribution in [0.1, 0.15) is 42.5 Å². The van der Waals surface area contributed by atoms with E-state index in [-0.39, 0.29) is 5.91 Å². The highest BCUT2D eigenvalue weighted by atomic mass is 127. The number of halogens is 1. The maximum absolute atomic E-state index is 11.8. The van der Waals surface area contributed by atoms with Crippen LogP contribution in [0.25, 0.3) is 0 Å². The van der Waals surface area contributed by atoms with Gasteiger partial charge in [0, 0.05) is 11.9 Å². The molecule has 0 aromatic carbocycles. The average Bonchev–Trinajstić information content (AvgIpc) is 2.77. The fraction of sp³-hybridized carbons (Fsp3) is 0.462. The third-order valence-corrected chi connectivity index (χ3v) is 4.74. The number of thiophene rings is 1. The molecule has 4 heteroatoms. The van der Waals surface area contributed by atoms with Crippen LogP contribution >= 0.6 is 33.9 Å². The van der Waals surface area contributed by atoms with E-state index in [1.165, 1.54) is 31.3 Å². The molecule has 1 amide bonds. The molecule has 1 aliphatic rings. The predicted molar refractivity (Wildman–Crippen MR) is 80.5 cm³/mol.